The van der Waals surface area contributed by atoms with Crippen molar-refractivity contribution >= 4 is 40.6 Å². The summed E-state index contributed by atoms with van der Waals surface area (Å²) in [6.45, 7) is 1.25. The van der Waals surface area contributed by atoms with Gasteiger partial charge in [-0.1, -0.05) is 18.2 Å². The molecule has 0 unspecified atom stereocenters. The highest BCUT2D eigenvalue weighted by Gasteiger charge is 2.27. The Labute approximate surface area is 176 Å². The van der Waals surface area contributed by atoms with Gasteiger partial charge in [0.05, 0.1) is 12.2 Å². The Morgan fingerprint density at radius 1 is 1.14 bits per heavy atom. The van der Waals surface area contributed by atoms with Crippen LogP contribution in [0.5, 0.6) is 0 Å². The Morgan fingerprint density at radius 3 is 2.57 bits per heavy atom. The fourth-order valence-electron chi connectivity index (χ4n) is 3.25. The van der Waals surface area contributed by atoms with Crippen molar-refractivity contribution in [2.75, 3.05) is 32.6 Å². The molecular weight excluding hydrogens is 396 g/mol. The van der Waals surface area contributed by atoms with Gasteiger partial charge in [-0.2, -0.15) is 0 Å². The van der Waals surface area contributed by atoms with Crippen LogP contribution in [-0.4, -0.2) is 44.0 Å². The van der Waals surface area contributed by atoms with E-state index in [1.165, 1.54) is 16.2 Å². The van der Waals surface area contributed by atoms with Gasteiger partial charge in [0.15, 0.2) is 0 Å². The molecule has 3 rings (SSSR count). The first-order valence-electron chi connectivity index (χ1n) is 9.39. The molecule has 1 aliphatic carbocycles. The molecule has 1 aromatic carbocycles. The average Bonchev–Trinajstić information content (AvgIpc) is 3.03. The number of carbonyl (C=O) groups is 2. The van der Waals surface area contributed by atoms with E-state index in [0.29, 0.717) is 22.7 Å². The van der Waals surface area contributed by atoms with Crippen molar-refractivity contribution in [3.8, 4) is 0 Å². The molecule has 152 valence electrons. The van der Waals surface area contributed by atoms with Gasteiger partial charge in [0.25, 0.3) is 5.91 Å². The van der Waals surface area contributed by atoms with E-state index < -0.39 is 0 Å². The lowest BCUT2D eigenvalue weighted by Crippen LogP contribution is -2.18. The average molecular weight is 423 g/mol. The van der Waals surface area contributed by atoms with Crippen LogP contribution in [0.1, 0.15) is 50.4 Å². The number of halogens is 1. The summed E-state index contributed by atoms with van der Waals surface area (Å²) < 4.78 is 5.52. The summed E-state index contributed by atoms with van der Waals surface area (Å²) in [5.74, 6) is -0.521. The second kappa shape index (κ2) is 10.6. The smallest absolute Gasteiger partial charge is 0.341 e. The molecule has 0 saturated carbocycles. The maximum Gasteiger partial charge on any atom is 0.341 e. The molecule has 0 bridgehead atoms. The lowest BCUT2D eigenvalue weighted by molar-refractivity contribution is 0.0493. The molecule has 28 heavy (non-hydrogen) atoms. The number of rotatable bonds is 7. The largest absolute Gasteiger partial charge is 0.462 e. The Morgan fingerprint density at radius 2 is 1.86 bits per heavy atom. The molecule has 1 N–H and O–H groups in total. The minimum absolute atomic E-state index is 0. The van der Waals surface area contributed by atoms with Crippen molar-refractivity contribution in [3.05, 3.63) is 51.9 Å². The maximum absolute atomic E-state index is 12.8. The number of anilines is 1. The van der Waals surface area contributed by atoms with E-state index in [1.54, 1.807) is 12.1 Å². The van der Waals surface area contributed by atoms with E-state index in [1.807, 2.05) is 32.3 Å². The highest BCUT2D eigenvalue weighted by Crippen LogP contribution is 2.38. The molecule has 5 nitrogen and oxygen atoms in total. The lowest BCUT2D eigenvalue weighted by Gasteiger charge is -2.13. The number of benzene rings is 1. The number of nitrogens with one attached hydrogen (secondary N) is 1. The monoisotopic (exact) mass is 422 g/mol. The van der Waals surface area contributed by atoms with E-state index >= 15 is 0 Å². The van der Waals surface area contributed by atoms with E-state index in [-0.39, 0.29) is 24.3 Å². The topological polar surface area (TPSA) is 58.6 Å². The van der Waals surface area contributed by atoms with Crippen LogP contribution in [0.3, 0.4) is 0 Å². The predicted octanol–water partition coefficient (Wildman–Crippen LogP) is 4.41. The molecule has 0 saturated heterocycles. The van der Waals surface area contributed by atoms with Gasteiger partial charge < -0.3 is 15.0 Å². The standard InChI is InChI=1S/C21H26N2O3S.ClH/c1-23(2)13-8-14-26-21(25)18-16-11-6-7-12-17(16)27-20(18)22-19(24)15-9-4-3-5-10-15;/h3-5,9-10H,6-8,11-14H2,1-2H3,(H,22,24);1H. The number of esters is 1. The van der Waals surface area contributed by atoms with Crippen LogP contribution in [0.15, 0.2) is 30.3 Å². The van der Waals surface area contributed by atoms with Gasteiger partial charge in [0, 0.05) is 17.0 Å². The van der Waals surface area contributed by atoms with Crippen LogP contribution >= 0.6 is 23.7 Å². The summed E-state index contributed by atoms with van der Waals surface area (Å²) in [4.78, 5) is 28.6. The van der Waals surface area contributed by atoms with Gasteiger partial charge in [-0.05, 0) is 63.9 Å². The number of hydrogen-bond donors (Lipinski definition) is 1. The van der Waals surface area contributed by atoms with Crippen LogP contribution in [0.4, 0.5) is 5.00 Å². The number of fused-ring (bicyclic) bond motifs is 1. The molecule has 0 aliphatic heterocycles. The van der Waals surface area contributed by atoms with Gasteiger partial charge in [-0.15, -0.1) is 23.7 Å². The van der Waals surface area contributed by atoms with E-state index in [0.717, 1.165) is 44.2 Å². The first-order valence-corrected chi connectivity index (χ1v) is 10.2. The summed E-state index contributed by atoms with van der Waals surface area (Å²) in [5.41, 5.74) is 2.20. The van der Waals surface area contributed by atoms with Crippen molar-refractivity contribution < 1.29 is 14.3 Å². The fraction of sp³-hybridized carbons (Fsp3) is 0.429. The number of ether oxygens (including phenoxy) is 1. The zero-order valence-electron chi connectivity index (χ0n) is 16.3. The molecule has 1 amide bonds. The van der Waals surface area contributed by atoms with Gasteiger partial charge in [0.2, 0.25) is 0 Å². The highest BCUT2D eigenvalue weighted by atomic mass is 35.5. The zero-order chi connectivity index (χ0) is 19.2. The molecule has 2 aromatic rings. The molecule has 0 atom stereocenters. The molecule has 0 spiro atoms. The molecular formula is C21H27ClN2O3S. The van der Waals surface area contributed by atoms with Crippen LogP contribution in [-0.2, 0) is 17.6 Å². The van der Waals surface area contributed by atoms with Crippen molar-refractivity contribution in [2.24, 2.45) is 0 Å². The number of nitrogens with zero attached hydrogens (tertiary/aromatic N) is 1. The molecule has 0 radical (unpaired) electrons. The highest BCUT2D eigenvalue weighted by molar-refractivity contribution is 7.17. The second-order valence-corrected chi connectivity index (χ2v) is 8.13. The number of thiophene rings is 1. The van der Waals surface area contributed by atoms with Gasteiger partial charge in [-0.25, -0.2) is 4.79 Å². The summed E-state index contributed by atoms with van der Waals surface area (Å²) in [6.07, 6.45) is 4.81. The third-order valence-corrected chi connectivity index (χ3v) is 5.83. The zero-order valence-corrected chi connectivity index (χ0v) is 18.0. The normalized spacial score (nSPS) is 12.8. The van der Waals surface area contributed by atoms with Gasteiger partial charge in [0.1, 0.15) is 5.00 Å². The quantitative estimate of drug-likeness (QED) is 0.530. The SMILES string of the molecule is CN(C)CCCOC(=O)c1c(NC(=O)c2ccccc2)sc2c1CCCC2.Cl. The van der Waals surface area contributed by atoms with Gasteiger partial charge in [-0.3, -0.25) is 4.79 Å². The van der Waals surface area contributed by atoms with E-state index in [9.17, 15) is 9.59 Å². The first kappa shape index (κ1) is 22.4. The number of hydrogen-bond acceptors (Lipinski definition) is 5. The van der Waals surface area contributed by atoms with Crippen molar-refractivity contribution in [3.63, 3.8) is 0 Å². The van der Waals surface area contributed by atoms with Crippen molar-refractivity contribution in [2.45, 2.75) is 32.1 Å². The van der Waals surface area contributed by atoms with Crippen LogP contribution in [0.2, 0.25) is 0 Å². The Balaban J connectivity index is 0.00000280. The molecule has 0 fully saturated rings. The summed E-state index contributed by atoms with van der Waals surface area (Å²) >= 11 is 1.52. The third-order valence-electron chi connectivity index (χ3n) is 4.62. The maximum atomic E-state index is 12.8. The number of amides is 1. The Kier molecular flexibility index (Phi) is 8.48. The molecule has 1 aliphatic rings. The number of aryl methyl sites for hydroxylation is 1. The minimum atomic E-state index is -0.323. The lowest BCUT2D eigenvalue weighted by atomic mass is 9.95. The second-order valence-electron chi connectivity index (χ2n) is 7.03. The Bertz CT molecular complexity index is 805. The van der Waals surface area contributed by atoms with Crippen molar-refractivity contribution in [1.82, 2.24) is 4.90 Å². The van der Waals surface area contributed by atoms with E-state index in [2.05, 4.69) is 10.2 Å². The number of carbonyl (C=O) groups excluding carboxylic acids is 2. The van der Waals surface area contributed by atoms with Crippen LogP contribution < -0.4 is 5.32 Å². The summed E-state index contributed by atoms with van der Waals surface area (Å²) in [5, 5.41) is 3.56. The first-order chi connectivity index (χ1) is 13.1. The molecule has 1 heterocycles. The molecule has 1 aromatic heterocycles. The predicted molar refractivity (Wildman–Crippen MR) is 116 cm³/mol. The minimum Gasteiger partial charge on any atom is -0.462 e. The summed E-state index contributed by atoms with van der Waals surface area (Å²) in [6, 6.07) is 9.06. The van der Waals surface area contributed by atoms with Gasteiger partial charge >= 0.3 is 5.97 Å². The van der Waals surface area contributed by atoms with Crippen LogP contribution in [0, 0.1) is 0 Å². The Hall–Kier alpha value is -1.89. The third kappa shape index (κ3) is 5.56. The van der Waals surface area contributed by atoms with Crippen molar-refractivity contribution in [1.29, 1.82) is 0 Å². The fourth-order valence-corrected chi connectivity index (χ4v) is 4.52. The van der Waals surface area contributed by atoms with E-state index in [4.69, 9.17) is 4.74 Å². The summed E-state index contributed by atoms with van der Waals surface area (Å²) in [7, 11) is 3.99. The van der Waals surface area contributed by atoms with Crippen LogP contribution in [0.25, 0.3) is 0 Å². The molecule has 7 heteroatoms.